The van der Waals surface area contributed by atoms with Gasteiger partial charge >= 0.3 is 6.09 Å². The van der Waals surface area contributed by atoms with E-state index in [1.807, 2.05) is 0 Å². The predicted molar refractivity (Wildman–Crippen MR) is 99.1 cm³/mol. The van der Waals surface area contributed by atoms with Crippen LogP contribution in [0, 0.1) is 5.82 Å². The van der Waals surface area contributed by atoms with Crippen LogP contribution in [0.3, 0.4) is 0 Å². The van der Waals surface area contributed by atoms with Crippen LogP contribution in [0.4, 0.5) is 9.18 Å². The average Bonchev–Trinajstić information content (AvgIpc) is 3.10. The number of nitrogens with zero attached hydrogens (tertiary/aromatic N) is 4. The molecule has 1 aliphatic rings. The van der Waals surface area contributed by atoms with Crippen molar-refractivity contribution in [3.05, 3.63) is 42.1 Å². The number of likely N-dealkylation sites (tertiary alicyclic amines) is 1. The van der Waals surface area contributed by atoms with Gasteiger partial charge in [0.2, 0.25) is 11.8 Å². The van der Waals surface area contributed by atoms with Gasteiger partial charge in [0.25, 0.3) is 0 Å². The average molecular weight is 425 g/mol. The topological polar surface area (TPSA) is 129 Å². The smallest absolute Gasteiger partial charge is 0.407 e. The molecule has 1 unspecified atom stereocenters. The Morgan fingerprint density at radius 3 is 2.59 bits per heavy atom. The van der Waals surface area contributed by atoms with Crippen LogP contribution >= 0.6 is 11.6 Å². The van der Waals surface area contributed by atoms with E-state index in [9.17, 15) is 18.8 Å². The minimum absolute atomic E-state index is 0.175. The molecule has 154 valence electrons. The second-order valence-electron chi connectivity index (χ2n) is 6.65. The van der Waals surface area contributed by atoms with E-state index in [2.05, 4.69) is 20.7 Å². The molecule has 0 spiro atoms. The SMILES string of the molecule is CC(NC(=O)C1(NC(=O)CCl)CN(C(=O)O)C1)c1ccc(-n2cc(F)cn2)nc1. The quantitative estimate of drug-likeness (QED) is 0.584. The molecule has 29 heavy (non-hydrogen) atoms. The zero-order valence-corrected chi connectivity index (χ0v) is 16.1. The minimum Gasteiger partial charge on any atom is -0.465 e. The second-order valence-corrected chi connectivity index (χ2v) is 6.92. The third kappa shape index (κ3) is 4.29. The van der Waals surface area contributed by atoms with Crippen LogP contribution < -0.4 is 10.6 Å². The molecule has 1 aliphatic heterocycles. The van der Waals surface area contributed by atoms with E-state index in [0.717, 1.165) is 11.1 Å². The van der Waals surface area contributed by atoms with Crippen molar-refractivity contribution < 1.29 is 23.9 Å². The molecule has 1 fully saturated rings. The first kappa shape index (κ1) is 20.5. The first-order valence-corrected chi connectivity index (χ1v) is 9.10. The van der Waals surface area contributed by atoms with Crippen LogP contribution in [0.15, 0.2) is 30.7 Å². The fourth-order valence-corrected chi connectivity index (χ4v) is 3.02. The monoisotopic (exact) mass is 424 g/mol. The number of amides is 3. The van der Waals surface area contributed by atoms with Crippen LogP contribution in [-0.2, 0) is 9.59 Å². The standard InChI is InChI=1S/C17H18ClFN6O4/c1-10(11-2-3-13(20-5-11)25-7-12(19)6-21-25)22-15(27)17(23-14(26)4-18)8-24(9-17)16(28)29/h2-3,5-7,10H,4,8-9H2,1H3,(H,22,27)(H,23,26)(H,28,29). The molecule has 3 amide bonds. The molecule has 1 atom stereocenters. The molecule has 0 aromatic carbocycles. The molecule has 3 heterocycles. The van der Waals surface area contributed by atoms with E-state index < -0.39 is 35.3 Å². The zero-order valence-electron chi connectivity index (χ0n) is 15.3. The molecule has 2 aromatic rings. The zero-order chi connectivity index (χ0) is 21.2. The van der Waals surface area contributed by atoms with E-state index >= 15 is 0 Å². The Balaban J connectivity index is 1.69. The van der Waals surface area contributed by atoms with Crippen molar-refractivity contribution >= 4 is 29.5 Å². The lowest BCUT2D eigenvalue weighted by molar-refractivity contribution is -0.139. The Labute approximate surface area is 169 Å². The highest BCUT2D eigenvalue weighted by molar-refractivity contribution is 6.27. The van der Waals surface area contributed by atoms with Crippen LogP contribution in [0.2, 0.25) is 0 Å². The number of carboxylic acid groups (broad SMARTS) is 1. The summed E-state index contributed by atoms with van der Waals surface area (Å²) in [5, 5.41) is 18.1. The third-order valence-electron chi connectivity index (χ3n) is 4.53. The van der Waals surface area contributed by atoms with Gasteiger partial charge in [-0.1, -0.05) is 6.07 Å². The molecular formula is C17H18ClFN6O4. The van der Waals surface area contributed by atoms with Gasteiger partial charge in [-0.15, -0.1) is 11.6 Å². The fraction of sp³-hybridized carbons (Fsp3) is 0.353. The van der Waals surface area contributed by atoms with E-state index in [1.54, 1.807) is 19.1 Å². The van der Waals surface area contributed by atoms with Gasteiger partial charge < -0.3 is 20.6 Å². The highest BCUT2D eigenvalue weighted by Gasteiger charge is 2.52. The number of alkyl halides is 1. The number of carbonyl (C=O) groups excluding carboxylic acids is 2. The van der Waals surface area contributed by atoms with E-state index in [0.29, 0.717) is 11.4 Å². The minimum atomic E-state index is -1.38. The Morgan fingerprint density at radius 2 is 2.07 bits per heavy atom. The van der Waals surface area contributed by atoms with E-state index in [-0.39, 0.29) is 19.0 Å². The van der Waals surface area contributed by atoms with Gasteiger partial charge in [0.15, 0.2) is 17.2 Å². The Kier molecular flexibility index (Phi) is 5.69. The van der Waals surface area contributed by atoms with Crippen LogP contribution in [-0.4, -0.2) is 67.2 Å². The van der Waals surface area contributed by atoms with Crippen molar-refractivity contribution in [1.29, 1.82) is 0 Å². The van der Waals surface area contributed by atoms with E-state index in [1.165, 1.54) is 17.1 Å². The van der Waals surface area contributed by atoms with Crippen LogP contribution in [0.25, 0.3) is 5.82 Å². The number of nitrogens with one attached hydrogen (secondary N) is 2. The van der Waals surface area contributed by atoms with Gasteiger partial charge in [0.05, 0.1) is 31.5 Å². The number of hydrogen-bond donors (Lipinski definition) is 3. The summed E-state index contributed by atoms with van der Waals surface area (Å²) in [4.78, 5) is 40.7. The number of aromatic nitrogens is 3. The highest BCUT2D eigenvalue weighted by Crippen LogP contribution is 2.23. The van der Waals surface area contributed by atoms with E-state index in [4.69, 9.17) is 16.7 Å². The summed E-state index contributed by atoms with van der Waals surface area (Å²) in [6.07, 6.45) is 2.57. The maximum atomic E-state index is 13.1. The van der Waals surface area contributed by atoms with Crippen molar-refractivity contribution in [2.45, 2.75) is 18.5 Å². The van der Waals surface area contributed by atoms with Crippen LogP contribution in [0.5, 0.6) is 0 Å². The van der Waals surface area contributed by atoms with Crippen molar-refractivity contribution in [2.75, 3.05) is 19.0 Å². The van der Waals surface area contributed by atoms with Crippen molar-refractivity contribution in [3.63, 3.8) is 0 Å². The molecular weight excluding hydrogens is 407 g/mol. The summed E-state index contributed by atoms with van der Waals surface area (Å²) in [7, 11) is 0. The summed E-state index contributed by atoms with van der Waals surface area (Å²) < 4.78 is 14.3. The molecule has 0 radical (unpaired) electrons. The van der Waals surface area contributed by atoms with Crippen LogP contribution in [0.1, 0.15) is 18.5 Å². The van der Waals surface area contributed by atoms with Gasteiger partial charge in [-0.3, -0.25) is 9.59 Å². The Morgan fingerprint density at radius 1 is 1.34 bits per heavy atom. The molecule has 10 nitrogen and oxygen atoms in total. The van der Waals surface area contributed by atoms with Gasteiger partial charge in [-0.25, -0.2) is 18.9 Å². The summed E-state index contributed by atoms with van der Waals surface area (Å²) in [6, 6.07) is 2.83. The molecule has 1 saturated heterocycles. The predicted octanol–water partition coefficient (Wildman–Crippen LogP) is 0.671. The number of hydrogen-bond acceptors (Lipinski definition) is 5. The summed E-state index contributed by atoms with van der Waals surface area (Å²) in [5.41, 5.74) is -0.721. The first-order chi connectivity index (χ1) is 13.7. The number of rotatable bonds is 6. The first-order valence-electron chi connectivity index (χ1n) is 8.56. The molecule has 2 aromatic heterocycles. The van der Waals surface area contributed by atoms with Gasteiger partial charge in [-0.05, 0) is 18.6 Å². The molecule has 3 N–H and O–H groups in total. The van der Waals surface area contributed by atoms with Gasteiger partial charge in [0, 0.05) is 6.20 Å². The maximum Gasteiger partial charge on any atom is 0.407 e. The molecule has 0 saturated carbocycles. The molecule has 12 heteroatoms. The Hall–Kier alpha value is -3.21. The highest BCUT2D eigenvalue weighted by atomic mass is 35.5. The largest absolute Gasteiger partial charge is 0.465 e. The lowest BCUT2D eigenvalue weighted by atomic mass is 9.88. The van der Waals surface area contributed by atoms with Crippen molar-refractivity contribution in [1.82, 2.24) is 30.3 Å². The Bertz CT molecular complexity index is 928. The molecule has 3 rings (SSSR count). The lowest BCUT2D eigenvalue weighted by Gasteiger charge is -2.47. The normalized spacial score (nSPS) is 15.9. The summed E-state index contributed by atoms with van der Waals surface area (Å²) in [5.74, 6) is -1.54. The summed E-state index contributed by atoms with van der Waals surface area (Å²) in [6.45, 7) is 1.37. The summed E-state index contributed by atoms with van der Waals surface area (Å²) >= 11 is 5.50. The number of halogens is 2. The fourth-order valence-electron chi connectivity index (χ4n) is 2.95. The number of carbonyl (C=O) groups is 3. The molecule has 0 bridgehead atoms. The number of pyridine rings is 1. The van der Waals surface area contributed by atoms with Crippen molar-refractivity contribution in [2.24, 2.45) is 0 Å². The third-order valence-corrected chi connectivity index (χ3v) is 4.77. The second kappa shape index (κ2) is 8.03. The van der Waals surface area contributed by atoms with Crippen molar-refractivity contribution in [3.8, 4) is 5.82 Å². The molecule has 0 aliphatic carbocycles. The lowest BCUT2D eigenvalue weighted by Crippen LogP contribution is -2.77. The maximum absolute atomic E-state index is 13.1. The van der Waals surface area contributed by atoms with Gasteiger partial charge in [-0.2, -0.15) is 5.10 Å². The van der Waals surface area contributed by atoms with Gasteiger partial charge in [0.1, 0.15) is 5.88 Å².